The number of hydrogen-bond donors (Lipinski definition) is 3. The van der Waals surface area contributed by atoms with Crippen molar-refractivity contribution in [3.63, 3.8) is 0 Å². The van der Waals surface area contributed by atoms with E-state index in [1.807, 2.05) is 5.48 Å². The van der Waals surface area contributed by atoms with E-state index in [0.717, 1.165) is 0 Å². The minimum Gasteiger partial charge on any atom is -0.302 e. The number of aromatic nitrogens is 3. The quantitative estimate of drug-likeness (QED) is 0.270. The highest BCUT2D eigenvalue weighted by molar-refractivity contribution is 6.33. The Morgan fingerprint density at radius 2 is 2.15 bits per heavy atom. The Bertz CT molecular complexity index is 1020. The van der Waals surface area contributed by atoms with Crippen LogP contribution in [0.3, 0.4) is 0 Å². The van der Waals surface area contributed by atoms with Crippen molar-refractivity contribution in [2.45, 2.75) is 6.92 Å². The molecule has 1 aromatic carbocycles. The molecule has 0 saturated heterocycles. The van der Waals surface area contributed by atoms with E-state index in [1.165, 1.54) is 30.5 Å². The zero-order valence-electron chi connectivity index (χ0n) is 13.8. The molecule has 138 valence electrons. The zero-order valence-corrected chi connectivity index (χ0v) is 14.5. The number of anilines is 1. The van der Waals surface area contributed by atoms with Crippen LogP contribution in [0.5, 0.6) is 0 Å². The summed E-state index contributed by atoms with van der Waals surface area (Å²) in [6, 6.07) is 7.12. The number of aryl methyl sites for hydroxylation is 1. The predicted octanol–water partition coefficient (Wildman–Crippen LogP) is 2.87. The fraction of sp³-hybridized carbons (Fsp3) is 0.0625. The SMILES string of the molecule is Cc1cc(N=C(NO)c2nonc2NC(=O)c2cccnc2Cl)ccc1F. The Hall–Kier alpha value is -3.37. The first kappa shape index (κ1) is 18.4. The molecule has 0 atom stereocenters. The molecule has 0 radical (unpaired) electrons. The first-order chi connectivity index (χ1) is 13.0. The van der Waals surface area contributed by atoms with Gasteiger partial charge in [0.25, 0.3) is 5.91 Å². The number of carbonyl (C=O) groups is 1. The molecule has 0 spiro atoms. The first-order valence-corrected chi connectivity index (χ1v) is 7.87. The van der Waals surface area contributed by atoms with E-state index in [9.17, 15) is 14.4 Å². The lowest BCUT2D eigenvalue weighted by Gasteiger charge is -2.06. The summed E-state index contributed by atoms with van der Waals surface area (Å²) in [6.07, 6.45) is 1.44. The maximum Gasteiger partial charge on any atom is 0.260 e. The van der Waals surface area contributed by atoms with Crippen LogP contribution in [-0.2, 0) is 0 Å². The summed E-state index contributed by atoms with van der Waals surface area (Å²) in [7, 11) is 0. The minimum absolute atomic E-state index is 0.00367. The van der Waals surface area contributed by atoms with Gasteiger partial charge in [-0.3, -0.25) is 15.5 Å². The van der Waals surface area contributed by atoms with Gasteiger partial charge >= 0.3 is 0 Å². The normalized spacial score (nSPS) is 11.3. The van der Waals surface area contributed by atoms with E-state index in [4.69, 9.17) is 11.6 Å². The maximum atomic E-state index is 13.4. The highest BCUT2D eigenvalue weighted by Gasteiger charge is 2.20. The summed E-state index contributed by atoms with van der Waals surface area (Å²) in [5.41, 5.74) is 2.59. The fourth-order valence-electron chi connectivity index (χ4n) is 2.11. The third-order valence-corrected chi connectivity index (χ3v) is 3.74. The van der Waals surface area contributed by atoms with E-state index in [1.54, 1.807) is 13.0 Å². The molecule has 0 bridgehead atoms. The van der Waals surface area contributed by atoms with Gasteiger partial charge in [-0.25, -0.2) is 19.0 Å². The van der Waals surface area contributed by atoms with E-state index in [0.29, 0.717) is 11.3 Å². The summed E-state index contributed by atoms with van der Waals surface area (Å²) in [5.74, 6) is -1.29. The molecule has 0 aliphatic rings. The lowest BCUT2D eigenvalue weighted by Crippen LogP contribution is -2.23. The number of halogens is 2. The van der Waals surface area contributed by atoms with Crippen molar-refractivity contribution in [2.24, 2.45) is 4.99 Å². The molecular formula is C16H12ClFN6O3. The molecule has 0 aliphatic carbocycles. The Morgan fingerprint density at radius 1 is 1.33 bits per heavy atom. The molecule has 9 nitrogen and oxygen atoms in total. The average molecular weight is 391 g/mol. The number of nitrogens with zero attached hydrogens (tertiary/aromatic N) is 4. The molecule has 11 heteroatoms. The number of hydroxylamine groups is 1. The molecule has 2 heterocycles. The molecule has 0 fully saturated rings. The van der Waals surface area contributed by atoms with Crippen LogP contribution < -0.4 is 10.8 Å². The van der Waals surface area contributed by atoms with E-state index >= 15 is 0 Å². The molecule has 0 saturated carbocycles. The van der Waals surface area contributed by atoms with Gasteiger partial charge in [-0.05, 0) is 53.1 Å². The van der Waals surface area contributed by atoms with Crippen LogP contribution >= 0.6 is 11.6 Å². The number of amidine groups is 1. The number of aliphatic imine (C=N–C) groups is 1. The third-order valence-electron chi connectivity index (χ3n) is 3.44. The van der Waals surface area contributed by atoms with E-state index in [2.05, 4.69) is 30.2 Å². The number of benzene rings is 1. The van der Waals surface area contributed by atoms with Gasteiger partial charge in [0.2, 0.25) is 5.82 Å². The van der Waals surface area contributed by atoms with Crippen LogP contribution in [0.2, 0.25) is 5.15 Å². The molecule has 27 heavy (non-hydrogen) atoms. The molecule has 1 amide bonds. The number of rotatable bonds is 4. The van der Waals surface area contributed by atoms with Gasteiger partial charge < -0.3 is 5.32 Å². The summed E-state index contributed by atoms with van der Waals surface area (Å²) in [4.78, 5) is 20.3. The number of amides is 1. The van der Waals surface area contributed by atoms with E-state index < -0.39 is 11.7 Å². The highest BCUT2D eigenvalue weighted by atomic mass is 35.5. The average Bonchev–Trinajstić information content (AvgIpc) is 3.10. The Kier molecular flexibility index (Phi) is 5.38. The van der Waals surface area contributed by atoms with Crippen LogP contribution in [-0.4, -0.2) is 32.2 Å². The predicted molar refractivity (Wildman–Crippen MR) is 93.8 cm³/mol. The van der Waals surface area contributed by atoms with Crippen LogP contribution in [0.25, 0.3) is 0 Å². The smallest absolute Gasteiger partial charge is 0.260 e. The van der Waals surface area contributed by atoms with Crippen molar-refractivity contribution in [2.75, 3.05) is 5.32 Å². The summed E-state index contributed by atoms with van der Waals surface area (Å²) in [5, 5.41) is 19.0. The Morgan fingerprint density at radius 3 is 2.85 bits per heavy atom. The van der Waals surface area contributed by atoms with Crippen molar-refractivity contribution >= 4 is 34.8 Å². The van der Waals surface area contributed by atoms with E-state index in [-0.39, 0.29) is 28.1 Å². The van der Waals surface area contributed by atoms with Crippen molar-refractivity contribution in [1.82, 2.24) is 20.8 Å². The molecule has 3 aromatic rings. The van der Waals surface area contributed by atoms with Gasteiger partial charge in [0.15, 0.2) is 11.5 Å². The fourth-order valence-corrected chi connectivity index (χ4v) is 2.32. The largest absolute Gasteiger partial charge is 0.302 e. The third kappa shape index (κ3) is 4.07. The van der Waals surface area contributed by atoms with Crippen LogP contribution in [0.1, 0.15) is 21.6 Å². The van der Waals surface area contributed by atoms with Crippen LogP contribution in [0.15, 0.2) is 46.2 Å². The van der Waals surface area contributed by atoms with Crippen LogP contribution in [0.4, 0.5) is 15.9 Å². The van der Waals surface area contributed by atoms with Crippen molar-refractivity contribution in [3.05, 3.63) is 64.3 Å². The monoisotopic (exact) mass is 390 g/mol. The molecule has 3 N–H and O–H groups in total. The second kappa shape index (κ2) is 7.89. The summed E-state index contributed by atoms with van der Waals surface area (Å²) in [6.45, 7) is 1.57. The zero-order chi connectivity index (χ0) is 19.4. The number of pyridine rings is 1. The van der Waals surface area contributed by atoms with Gasteiger partial charge in [0.1, 0.15) is 11.0 Å². The van der Waals surface area contributed by atoms with Crippen molar-refractivity contribution < 1.29 is 19.0 Å². The maximum absolute atomic E-state index is 13.4. The molecule has 2 aromatic heterocycles. The van der Waals surface area contributed by atoms with Crippen molar-refractivity contribution in [1.29, 1.82) is 0 Å². The lowest BCUT2D eigenvalue weighted by atomic mass is 10.2. The summed E-state index contributed by atoms with van der Waals surface area (Å²) < 4.78 is 18.0. The number of hydrogen-bond acceptors (Lipinski definition) is 7. The van der Waals surface area contributed by atoms with Crippen LogP contribution in [0, 0.1) is 12.7 Å². The number of nitrogens with one attached hydrogen (secondary N) is 2. The first-order valence-electron chi connectivity index (χ1n) is 7.49. The van der Waals surface area contributed by atoms with Crippen molar-refractivity contribution in [3.8, 4) is 0 Å². The number of carbonyl (C=O) groups excluding carboxylic acids is 1. The van der Waals surface area contributed by atoms with Gasteiger partial charge in [-0.1, -0.05) is 11.6 Å². The Balaban J connectivity index is 1.90. The van der Waals surface area contributed by atoms with Gasteiger partial charge in [0, 0.05) is 6.20 Å². The topological polar surface area (TPSA) is 126 Å². The minimum atomic E-state index is -0.611. The second-order valence-electron chi connectivity index (χ2n) is 5.26. The lowest BCUT2D eigenvalue weighted by molar-refractivity contribution is 0.102. The van der Waals surface area contributed by atoms with Gasteiger partial charge in [-0.2, -0.15) is 0 Å². The van der Waals surface area contributed by atoms with Gasteiger partial charge in [0.05, 0.1) is 11.3 Å². The highest BCUT2D eigenvalue weighted by Crippen LogP contribution is 2.20. The molecule has 0 aliphatic heterocycles. The summed E-state index contributed by atoms with van der Waals surface area (Å²) >= 11 is 5.89. The molecule has 3 rings (SSSR count). The molecular weight excluding hydrogens is 379 g/mol. The van der Waals surface area contributed by atoms with Gasteiger partial charge in [-0.15, -0.1) is 0 Å². The second-order valence-corrected chi connectivity index (χ2v) is 5.62. The standard InChI is InChI=1S/C16H12ClFN6O3/c1-8-7-9(4-5-11(8)18)20-14(22-26)12-15(24-27-23-12)21-16(25)10-3-2-6-19-13(10)17/h2-7,26H,1H3,(H,20,22)(H,21,24,25). The molecule has 0 unspecified atom stereocenters. The Labute approximate surface area is 156 Å².